The first-order valence-corrected chi connectivity index (χ1v) is 8.27. The van der Waals surface area contributed by atoms with Crippen LogP contribution in [0.15, 0.2) is 35.9 Å². The van der Waals surface area contributed by atoms with E-state index in [0.29, 0.717) is 5.02 Å². The van der Waals surface area contributed by atoms with Gasteiger partial charge in [-0.15, -0.1) is 0 Å². The van der Waals surface area contributed by atoms with Crippen LogP contribution in [0.5, 0.6) is 17.2 Å². The number of hydrogen-bond donors (Lipinski definition) is 1. The molecule has 142 valence electrons. The first-order valence-electron chi connectivity index (χ1n) is 7.52. The number of alkyl halides is 3. The molecular weight excluding hydrogens is 408 g/mol. The van der Waals surface area contributed by atoms with Gasteiger partial charge in [0.1, 0.15) is 17.2 Å². The fourth-order valence-corrected chi connectivity index (χ4v) is 2.99. The second-order valence-electron chi connectivity index (χ2n) is 5.80. The van der Waals surface area contributed by atoms with E-state index in [-0.39, 0.29) is 27.8 Å². The number of hydrogen-bond acceptors (Lipinski definition) is 3. The fourth-order valence-electron chi connectivity index (χ4n) is 2.50. The van der Waals surface area contributed by atoms with Crippen LogP contribution in [0, 0.1) is 6.92 Å². The molecule has 0 aliphatic carbocycles. The molecule has 2 aromatic carbocycles. The third-order valence-corrected chi connectivity index (χ3v) is 4.34. The molecule has 1 heterocycles. The lowest BCUT2D eigenvalue weighted by Gasteiger charge is -2.27. The van der Waals surface area contributed by atoms with Gasteiger partial charge in [-0.2, -0.15) is 13.2 Å². The molecule has 1 aliphatic rings. The van der Waals surface area contributed by atoms with Gasteiger partial charge in [0.25, 0.3) is 0 Å². The Balaban J connectivity index is 2.02. The summed E-state index contributed by atoms with van der Waals surface area (Å²) in [6, 6.07) is 7.42. The Morgan fingerprint density at radius 1 is 1.15 bits per heavy atom. The van der Waals surface area contributed by atoms with E-state index in [4.69, 9.17) is 37.8 Å². The summed E-state index contributed by atoms with van der Waals surface area (Å²) in [6.07, 6.45) is -6.61. The highest BCUT2D eigenvalue weighted by atomic mass is 35.5. The summed E-state index contributed by atoms with van der Waals surface area (Å²) in [5.74, 6) is -1.65. The molecule has 3 rings (SSSR count). The van der Waals surface area contributed by atoms with Crippen LogP contribution >= 0.6 is 23.2 Å². The molecule has 0 unspecified atom stereocenters. The molecule has 0 amide bonds. The lowest BCUT2D eigenvalue weighted by molar-refractivity contribution is -0.187. The van der Waals surface area contributed by atoms with Crippen LogP contribution < -0.4 is 9.47 Å². The molecule has 1 atom stereocenters. The predicted molar refractivity (Wildman–Crippen MR) is 93.8 cm³/mol. The number of aliphatic carboxylic acids is 1. The number of halogens is 5. The van der Waals surface area contributed by atoms with Gasteiger partial charge >= 0.3 is 12.1 Å². The average Bonchev–Trinajstić information content (AvgIpc) is 2.55. The van der Waals surface area contributed by atoms with Crippen molar-refractivity contribution < 1.29 is 32.5 Å². The van der Waals surface area contributed by atoms with E-state index in [2.05, 4.69) is 0 Å². The first kappa shape index (κ1) is 19.4. The van der Waals surface area contributed by atoms with Gasteiger partial charge < -0.3 is 14.6 Å². The first-order chi connectivity index (χ1) is 12.6. The standard InChI is InChI=1S/C18H11Cl2F3O4/c1-8-2-3-13(11(19)4-8)26-15-7-14-9(6-12(15)20)5-10(17(24)25)16(27-14)18(21,22)23/h2-7,16H,1H3,(H,24,25)/t16-/m1/s1. The highest BCUT2D eigenvalue weighted by Crippen LogP contribution is 2.43. The predicted octanol–water partition coefficient (Wildman–Crippen LogP) is 5.89. The van der Waals surface area contributed by atoms with Gasteiger partial charge in [-0.25, -0.2) is 4.79 Å². The van der Waals surface area contributed by atoms with E-state index in [9.17, 15) is 18.0 Å². The number of fused-ring (bicyclic) bond motifs is 1. The highest BCUT2D eigenvalue weighted by Gasteiger charge is 2.48. The maximum absolute atomic E-state index is 13.2. The van der Waals surface area contributed by atoms with Gasteiger partial charge in [-0.05, 0) is 36.8 Å². The number of aryl methyl sites for hydroxylation is 1. The summed E-state index contributed by atoms with van der Waals surface area (Å²) >= 11 is 12.2. The third-order valence-electron chi connectivity index (χ3n) is 3.75. The summed E-state index contributed by atoms with van der Waals surface area (Å²) in [5, 5.41) is 9.40. The monoisotopic (exact) mass is 418 g/mol. The molecular formula is C18H11Cl2F3O4. The zero-order chi connectivity index (χ0) is 19.9. The van der Waals surface area contributed by atoms with Gasteiger partial charge in [-0.3, -0.25) is 0 Å². The quantitative estimate of drug-likeness (QED) is 0.675. The summed E-state index contributed by atoms with van der Waals surface area (Å²) < 4.78 is 50.0. The van der Waals surface area contributed by atoms with Crippen molar-refractivity contribution in [2.45, 2.75) is 19.2 Å². The molecule has 1 aliphatic heterocycles. The SMILES string of the molecule is Cc1ccc(Oc2cc3c(cc2Cl)C=C(C(=O)O)[C@H](C(F)(F)F)O3)c(Cl)c1. The van der Waals surface area contributed by atoms with Crippen molar-refractivity contribution in [3.05, 3.63) is 57.1 Å². The summed E-state index contributed by atoms with van der Waals surface area (Å²) in [6.45, 7) is 1.83. The molecule has 0 saturated heterocycles. The molecule has 9 heteroatoms. The van der Waals surface area contributed by atoms with Gasteiger partial charge in [0, 0.05) is 11.6 Å². The van der Waals surface area contributed by atoms with Crippen molar-refractivity contribution in [1.29, 1.82) is 0 Å². The Morgan fingerprint density at radius 2 is 1.81 bits per heavy atom. The second kappa shape index (κ2) is 6.98. The smallest absolute Gasteiger partial charge is 0.430 e. The van der Waals surface area contributed by atoms with Crippen LogP contribution in [-0.2, 0) is 4.79 Å². The number of carboxylic acid groups (broad SMARTS) is 1. The minimum Gasteiger partial charge on any atom is -0.478 e. The average molecular weight is 419 g/mol. The zero-order valence-corrected chi connectivity index (χ0v) is 15.1. The topological polar surface area (TPSA) is 55.8 Å². The maximum Gasteiger partial charge on any atom is 0.430 e. The molecule has 0 spiro atoms. The molecule has 0 radical (unpaired) electrons. The lowest BCUT2D eigenvalue weighted by Crippen LogP contribution is -2.40. The van der Waals surface area contributed by atoms with Crippen molar-refractivity contribution in [3.63, 3.8) is 0 Å². The minimum absolute atomic E-state index is 0.0225. The van der Waals surface area contributed by atoms with Gasteiger partial charge in [0.15, 0.2) is 0 Å². The lowest BCUT2D eigenvalue weighted by atomic mass is 10.0. The third kappa shape index (κ3) is 3.99. The van der Waals surface area contributed by atoms with Crippen molar-refractivity contribution >= 4 is 35.2 Å². The Kier molecular flexibility index (Phi) is 5.01. The molecule has 0 saturated carbocycles. The van der Waals surface area contributed by atoms with Crippen LogP contribution in [0.2, 0.25) is 10.0 Å². The number of rotatable bonds is 3. The number of ether oxygens (including phenoxy) is 2. The largest absolute Gasteiger partial charge is 0.478 e. The molecule has 0 bridgehead atoms. The summed E-state index contributed by atoms with van der Waals surface area (Å²) in [7, 11) is 0. The molecule has 1 N–H and O–H groups in total. The molecule has 0 fully saturated rings. The fraction of sp³-hybridized carbons (Fsp3) is 0.167. The van der Waals surface area contributed by atoms with Gasteiger partial charge in [0.05, 0.1) is 15.6 Å². The van der Waals surface area contributed by atoms with Crippen LogP contribution in [0.4, 0.5) is 13.2 Å². The van der Waals surface area contributed by atoms with Crippen molar-refractivity contribution in [1.82, 2.24) is 0 Å². The van der Waals surface area contributed by atoms with E-state index in [1.807, 2.05) is 6.92 Å². The van der Waals surface area contributed by atoms with Crippen LogP contribution in [0.1, 0.15) is 11.1 Å². The minimum atomic E-state index is -4.90. The van der Waals surface area contributed by atoms with E-state index in [0.717, 1.165) is 11.6 Å². The van der Waals surface area contributed by atoms with E-state index in [1.54, 1.807) is 18.2 Å². The highest BCUT2D eigenvalue weighted by molar-refractivity contribution is 6.33. The van der Waals surface area contributed by atoms with Crippen LogP contribution in [-0.4, -0.2) is 23.4 Å². The summed E-state index contributed by atoms with van der Waals surface area (Å²) in [4.78, 5) is 11.2. The van der Waals surface area contributed by atoms with E-state index < -0.39 is 23.8 Å². The van der Waals surface area contributed by atoms with Crippen molar-refractivity contribution in [2.75, 3.05) is 0 Å². The Morgan fingerprint density at radius 3 is 2.41 bits per heavy atom. The van der Waals surface area contributed by atoms with Crippen molar-refractivity contribution in [3.8, 4) is 17.2 Å². The Hall–Kier alpha value is -2.38. The number of carbonyl (C=O) groups is 1. The normalized spacial score (nSPS) is 16.2. The van der Waals surface area contributed by atoms with Crippen LogP contribution in [0.25, 0.3) is 6.08 Å². The maximum atomic E-state index is 13.2. The van der Waals surface area contributed by atoms with Crippen molar-refractivity contribution in [2.24, 2.45) is 0 Å². The molecule has 0 aromatic heterocycles. The second-order valence-corrected chi connectivity index (χ2v) is 6.62. The van der Waals surface area contributed by atoms with Gasteiger partial charge in [-0.1, -0.05) is 29.3 Å². The summed E-state index contributed by atoms with van der Waals surface area (Å²) in [5.41, 5.74) is 0.0631. The zero-order valence-electron chi connectivity index (χ0n) is 13.6. The van der Waals surface area contributed by atoms with Crippen LogP contribution in [0.3, 0.4) is 0 Å². The van der Waals surface area contributed by atoms with E-state index >= 15 is 0 Å². The Bertz CT molecular complexity index is 954. The number of carboxylic acids is 1. The number of benzene rings is 2. The van der Waals surface area contributed by atoms with Gasteiger partial charge in [0.2, 0.25) is 6.10 Å². The van der Waals surface area contributed by atoms with E-state index in [1.165, 1.54) is 12.1 Å². The molecule has 27 heavy (non-hydrogen) atoms. The molecule has 4 nitrogen and oxygen atoms in total. The Labute approximate surface area is 161 Å². The molecule has 2 aromatic rings.